The molecular formula is C15H20N10O. The van der Waals surface area contributed by atoms with E-state index in [2.05, 4.69) is 40.8 Å². The van der Waals surface area contributed by atoms with E-state index in [1.807, 2.05) is 6.20 Å². The van der Waals surface area contributed by atoms with E-state index in [0.29, 0.717) is 13.1 Å². The molecule has 11 nitrogen and oxygen atoms in total. The molecule has 1 fully saturated rings. The van der Waals surface area contributed by atoms with Crippen LogP contribution < -0.4 is 10.2 Å². The zero-order valence-corrected chi connectivity index (χ0v) is 14.3. The number of hydrogen-bond donors (Lipinski definition) is 1. The molecule has 26 heavy (non-hydrogen) atoms. The van der Waals surface area contributed by atoms with Crippen LogP contribution in [-0.2, 0) is 17.9 Å². The Morgan fingerprint density at radius 3 is 2.88 bits per heavy atom. The predicted molar refractivity (Wildman–Crippen MR) is 92.2 cm³/mol. The van der Waals surface area contributed by atoms with Crippen molar-refractivity contribution in [2.75, 3.05) is 24.5 Å². The van der Waals surface area contributed by atoms with Crippen LogP contribution in [-0.4, -0.2) is 65.5 Å². The van der Waals surface area contributed by atoms with Gasteiger partial charge in [-0.05, 0) is 29.7 Å². The van der Waals surface area contributed by atoms with Gasteiger partial charge < -0.3 is 10.2 Å². The number of carbonyl (C=O) groups excluding carboxylic acids is 1. The van der Waals surface area contributed by atoms with E-state index >= 15 is 0 Å². The summed E-state index contributed by atoms with van der Waals surface area (Å²) in [4.78, 5) is 23.0. The molecule has 0 spiro atoms. The molecule has 1 N–H and O–H groups in total. The van der Waals surface area contributed by atoms with Crippen LogP contribution >= 0.6 is 0 Å². The smallest absolute Gasteiger partial charge is 0.241 e. The van der Waals surface area contributed by atoms with E-state index in [-0.39, 0.29) is 12.5 Å². The van der Waals surface area contributed by atoms with Crippen LogP contribution in [0.1, 0.15) is 19.3 Å². The second-order valence-electron chi connectivity index (χ2n) is 6.21. The molecule has 1 amide bonds. The molecule has 3 aromatic rings. The number of anilines is 1. The van der Waals surface area contributed by atoms with Gasteiger partial charge >= 0.3 is 0 Å². The molecule has 3 aromatic heterocycles. The molecule has 1 aliphatic rings. The lowest BCUT2D eigenvalue weighted by molar-refractivity contribution is -0.121. The minimum Gasteiger partial charge on any atom is -0.356 e. The van der Waals surface area contributed by atoms with Gasteiger partial charge in [-0.15, -0.1) is 5.10 Å². The van der Waals surface area contributed by atoms with Crippen molar-refractivity contribution in [1.82, 2.24) is 45.3 Å². The van der Waals surface area contributed by atoms with Gasteiger partial charge in [0.2, 0.25) is 5.91 Å². The van der Waals surface area contributed by atoms with E-state index in [0.717, 1.165) is 29.9 Å². The van der Waals surface area contributed by atoms with Crippen LogP contribution in [0.2, 0.25) is 0 Å². The van der Waals surface area contributed by atoms with Gasteiger partial charge in [0.1, 0.15) is 25.0 Å². The molecule has 0 bridgehead atoms. The number of aromatic nitrogens is 8. The molecule has 11 heteroatoms. The molecule has 4 rings (SSSR count). The first kappa shape index (κ1) is 16.4. The highest BCUT2D eigenvalue weighted by atomic mass is 16.2. The van der Waals surface area contributed by atoms with Crippen molar-refractivity contribution >= 4 is 22.8 Å². The number of piperidine rings is 1. The number of nitrogens with zero attached hydrogens (tertiary/aromatic N) is 9. The number of amides is 1. The van der Waals surface area contributed by atoms with Gasteiger partial charge in [0.05, 0.1) is 18.1 Å². The Morgan fingerprint density at radius 2 is 2.08 bits per heavy atom. The summed E-state index contributed by atoms with van der Waals surface area (Å²) in [7, 11) is 0. The molecule has 136 valence electrons. The highest BCUT2D eigenvalue weighted by Gasteiger charge is 2.17. The fraction of sp³-hybridized carbons (Fsp3) is 0.533. The van der Waals surface area contributed by atoms with E-state index < -0.39 is 0 Å². The first-order valence-electron chi connectivity index (χ1n) is 8.70. The van der Waals surface area contributed by atoms with Gasteiger partial charge in [-0.3, -0.25) is 4.79 Å². The Morgan fingerprint density at radius 1 is 1.19 bits per heavy atom. The van der Waals surface area contributed by atoms with Gasteiger partial charge in [0.15, 0.2) is 5.65 Å². The predicted octanol–water partition coefficient (Wildman–Crippen LogP) is -0.381. The van der Waals surface area contributed by atoms with Crippen LogP contribution in [0.15, 0.2) is 18.9 Å². The first-order chi connectivity index (χ1) is 12.8. The SMILES string of the molecule is O=C(Cn1cnnn1)NCCn1ncc2c(N3CCCCC3)ncnc21. The summed E-state index contributed by atoms with van der Waals surface area (Å²) < 4.78 is 3.17. The highest BCUT2D eigenvalue weighted by molar-refractivity contribution is 5.86. The number of carbonyl (C=O) groups is 1. The van der Waals surface area contributed by atoms with E-state index in [9.17, 15) is 4.79 Å². The van der Waals surface area contributed by atoms with Crippen LogP contribution in [0.4, 0.5) is 5.82 Å². The van der Waals surface area contributed by atoms with E-state index in [1.165, 1.54) is 30.3 Å². The molecule has 0 atom stereocenters. The van der Waals surface area contributed by atoms with Gasteiger partial charge in [0.25, 0.3) is 0 Å². The molecule has 4 heterocycles. The van der Waals surface area contributed by atoms with Crippen LogP contribution in [0, 0.1) is 0 Å². The Bertz CT molecular complexity index is 868. The van der Waals surface area contributed by atoms with Crippen LogP contribution in [0.3, 0.4) is 0 Å². The van der Waals surface area contributed by atoms with Crippen molar-refractivity contribution < 1.29 is 4.79 Å². The van der Waals surface area contributed by atoms with E-state index in [4.69, 9.17) is 0 Å². The molecule has 1 aliphatic heterocycles. The number of fused-ring (bicyclic) bond motifs is 1. The third-order valence-corrected chi connectivity index (χ3v) is 4.41. The number of hydrogen-bond acceptors (Lipinski definition) is 8. The molecule has 0 radical (unpaired) electrons. The Labute approximate surface area is 149 Å². The zero-order chi connectivity index (χ0) is 17.8. The van der Waals surface area contributed by atoms with Crippen LogP contribution in [0.25, 0.3) is 11.0 Å². The minimum absolute atomic E-state index is 0.0914. The topological polar surface area (TPSA) is 120 Å². The summed E-state index contributed by atoms with van der Waals surface area (Å²) >= 11 is 0. The lowest BCUT2D eigenvalue weighted by atomic mass is 10.1. The Balaban J connectivity index is 1.40. The van der Waals surface area contributed by atoms with Crippen LogP contribution in [0.5, 0.6) is 0 Å². The monoisotopic (exact) mass is 356 g/mol. The highest BCUT2D eigenvalue weighted by Crippen LogP contribution is 2.25. The summed E-state index contributed by atoms with van der Waals surface area (Å²) in [5.41, 5.74) is 0.787. The third kappa shape index (κ3) is 3.46. The molecule has 1 saturated heterocycles. The average molecular weight is 356 g/mol. The maximum atomic E-state index is 11.9. The lowest BCUT2D eigenvalue weighted by Crippen LogP contribution is -2.31. The van der Waals surface area contributed by atoms with Crippen molar-refractivity contribution in [1.29, 1.82) is 0 Å². The fourth-order valence-electron chi connectivity index (χ4n) is 3.16. The standard InChI is InChI=1S/C15H20N10O/c26-13(9-24-11-19-21-22-24)16-4-7-25-15-12(8-20-25)14(17-10-18-15)23-5-2-1-3-6-23/h8,10-11H,1-7,9H2,(H,16,26). The maximum Gasteiger partial charge on any atom is 0.241 e. The molecule has 0 saturated carbocycles. The average Bonchev–Trinajstić information content (AvgIpc) is 3.32. The summed E-state index contributed by atoms with van der Waals surface area (Å²) in [6.07, 6.45) is 8.44. The van der Waals surface area contributed by atoms with Crippen molar-refractivity contribution in [2.45, 2.75) is 32.4 Å². The number of nitrogens with one attached hydrogen (secondary N) is 1. The quantitative estimate of drug-likeness (QED) is 0.635. The minimum atomic E-state index is -0.155. The second kappa shape index (κ2) is 7.42. The van der Waals surface area contributed by atoms with E-state index in [1.54, 1.807) is 11.0 Å². The second-order valence-corrected chi connectivity index (χ2v) is 6.21. The summed E-state index contributed by atoms with van der Waals surface area (Å²) in [5, 5.41) is 18.9. The first-order valence-corrected chi connectivity index (χ1v) is 8.70. The summed E-state index contributed by atoms with van der Waals surface area (Å²) in [6, 6.07) is 0. The van der Waals surface area contributed by atoms with Gasteiger partial charge in [-0.25, -0.2) is 19.3 Å². The molecule has 0 aliphatic carbocycles. The molecule has 0 aromatic carbocycles. The molecular weight excluding hydrogens is 336 g/mol. The maximum absolute atomic E-state index is 11.9. The normalized spacial score (nSPS) is 14.7. The van der Waals surface area contributed by atoms with Gasteiger partial charge in [-0.1, -0.05) is 0 Å². The van der Waals surface area contributed by atoms with Crippen molar-refractivity contribution in [3.63, 3.8) is 0 Å². The largest absolute Gasteiger partial charge is 0.356 e. The third-order valence-electron chi connectivity index (χ3n) is 4.41. The summed E-state index contributed by atoms with van der Waals surface area (Å²) in [5.74, 6) is 0.793. The Hall–Kier alpha value is -3.11. The summed E-state index contributed by atoms with van der Waals surface area (Å²) in [6.45, 7) is 3.10. The zero-order valence-electron chi connectivity index (χ0n) is 14.3. The fourth-order valence-corrected chi connectivity index (χ4v) is 3.16. The number of rotatable bonds is 6. The van der Waals surface area contributed by atoms with Gasteiger partial charge in [0, 0.05) is 19.6 Å². The van der Waals surface area contributed by atoms with Gasteiger partial charge in [-0.2, -0.15) is 5.10 Å². The van der Waals surface area contributed by atoms with Crippen molar-refractivity contribution in [2.24, 2.45) is 0 Å². The van der Waals surface area contributed by atoms with Crippen molar-refractivity contribution in [3.8, 4) is 0 Å². The lowest BCUT2D eigenvalue weighted by Gasteiger charge is -2.27. The number of tetrazole rings is 1. The molecule has 0 unspecified atom stereocenters. The van der Waals surface area contributed by atoms with Crippen molar-refractivity contribution in [3.05, 3.63) is 18.9 Å². The Kier molecular flexibility index (Phi) is 4.67.